The van der Waals surface area contributed by atoms with Crippen molar-refractivity contribution in [2.75, 3.05) is 26.1 Å². The predicted octanol–water partition coefficient (Wildman–Crippen LogP) is 4.25. The average molecular weight is 422 g/mol. The first-order chi connectivity index (χ1) is 13.8. The van der Waals surface area contributed by atoms with Crippen LogP contribution in [0.4, 0.5) is 5.69 Å². The minimum atomic E-state index is -1.04. The SMILES string of the molecule is CCOc1ccc(C(=O)O[C@H](C)C(=O)Nc2cc(C)c(Cl)cc2OC)cc1OC. The summed E-state index contributed by atoms with van der Waals surface area (Å²) in [6.45, 7) is 5.60. The maximum Gasteiger partial charge on any atom is 0.339 e. The van der Waals surface area contributed by atoms with Crippen LogP contribution in [-0.4, -0.2) is 38.8 Å². The van der Waals surface area contributed by atoms with Gasteiger partial charge in [0.1, 0.15) is 5.75 Å². The third kappa shape index (κ3) is 5.54. The van der Waals surface area contributed by atoms with Crippen molar-refractivity contribution in [1.29, 1.82) is 0 Å². The van der Waals surface area contributed by atoms with E-state index >= 15 is 0 Å². The largest absolute Gasteiger partial charge is 0.495 e. The lowest BCUT2D eigenvalue weighted by molar-refractivity contribution is -0.123. The monoisotopic (exact) mass is 421 g/mol. The number of esters is 1. The van der Waals surface area contributed by atoms with Crippen LogP contribution in [0.25, 0.3) is 0 Å². The van der Waals surface area contributed by atoms with Gasteiger partial charge < -0.3 is 24.3 Å². The fourth-order valence-electron chi connectivity index (χ4n) is 2.52. The predicted molar refractivity (Wildman–Crippen MR) is 110 cm³/mol. The average Bonchev–Trinajstić information content (AvgIpc) is 2.70. The molecule has 29 heavy (non-hydrogen) atoms. The first-order valence-electron chi connectivity index (χ1n) is 8.97. The molecule has 2 rings (SSSR count). The quantitative estimate of drug-likeness (QED) is 0.641. The lowest BCUT2D eigenvalue weighted by Gasteiger charge is -2.16. The molecule has 0 aliphatic heterocycles. The Morgan fingerprint density at radius 1 is 1.07 bits per heavy atom. The van der Waals surface area contributed by atoms with Crippen LogP contribution >= 0.6 is 11.6 Å². The molecule has 0 saturated carbocycles. The van der Waals surface area contributed by atoms with E-state index in [0.29, 0.717) is 34.6 Å². The maximum atomic E-state index is 12.5. The second kappa shape index (κ2) is 10.0. The lowest BCUT2D eigenvalue weighted by atomic mass is 10.2. The lowest BCUT2D eigenvalue weighted by Crippen LogP contribution is -2.30. The van der Waals surface area contributed by atoms with Crippen molar-refractivity contribution >= 4 is 29.2 Å². The van der Waals surface area contributed by atoms with Crippen LogP contribution in [0.15, 0.2) is 30.3 Å². The van der Waals surface area contributed by atoms with Crippen LogP contribution in [0, 0.1) is 6.92 Å². The molecule has 2 aromatic carbocycles. The third-order valence-corrected chi connectivity index (χ3v) is 4.50. The van der Waals surface area contributed by atoms with Crippen molar-refractivity contribution in [1.82, 2.24) is 0 Å². The van der Waals surface area contributed by atoms with Crippen LogP contribution < -0.4 is 19.5 Å². The second-order valence-electron chi connectivity index (χ2n) is 6.14. The third-order valence-electron chi connectivity index (χ3n) is 4.09. The summed E-state index contributed by atoms with van der Waals surface area (Å²) in [7, 11) is 2.95. The number of rotatable bonds is 8. The molecule has 0 heterocycles. The highest BCUT2D eigenvalue weighted by Gasteiger charge is 2.21. The molecule has 0 aliphatic rings. The van der Waals surface area contributed by atoms with Crippen molar-refractivity contribution < 1.29 is 28.5 Å². The molecular formula is C21H24ClNO6. The van der Waals surface area contributed by atoms with Gasteiger partial charge in [-0.25, -0.2) is 4.79 Å². The summed E-state index contributed by atoms with van der Waals surface area (Å²) >= 11 is 6.07. The number of ether oxygens (including phenoxy) is 4. The highest BCUT2D eigenvalue weighted by Crippen LogP contribution is 2.31. The van der Waals surface area contributed by atoms with E-state index in [1.165, 1.54) is 27.2 Å². The molecule has 1 N–H and O–H groups in total. The van der Waals surface area contributed by atoms with Crippen molar-refractivity contribution in [2.24, 2.45) is 0 Å². The Morgan fingerprint density at radius 2 is 1.76 bits per heavy atom. The maximum absolute atomic E-state index is 12.5. The Hall–Kier alpha value is -2.93. The number of carbonyl (C=O) groups is 2. The standard InChI is InChI=1S/C21H24ClNO6/c1-6-28-17-8-7-14(10-19(17)27-5)21(25)29-13(3)20(24)23-16-9-12(2)15(22)11-18(16)26-4/h7-11,13H,6H2,1-5H3,(H,23,24)/t13-/m1/s1. The van der Waals surface area contributed by atoms with Crippen LogP contribution in [0.1, 0.15) is 29.8 Å². The van der Waals surface area contributed by atoms with Gasteiger partial charge in [-0.15, -0.1) is 0 Å². The van der Waals surface area contributed by atoms with E-state index in [9.17, 15) is 9.59 Å². The molecule has 0 radical (unpaired) electrons. The topological polar surface area (TPSA) is 83.1 Å². The molecule has 8 heteroatoms. The van der Waals surface area contributed by atoms with Gasteiger partial charge in [0, 0.05) is 11.1 Å². The van der Waals surface area contributed by atoms with Gasteiger partial charge in [-0.2, -0.15) is 0 Å². The normalized spacial score (nSPS) is 11.4. The minimum absolute atomic E-state index is 0.241. The van der Waals surface area contributed by atoms with Crippen LogP contribution in [0.2, 0.25) is 5.02 Å². The molecule has 0 aromatic heterocycles. The van der Waals surface area contributed by atoms with Gasteiger partial charge in [-0.3, -0.25) is 4.79 Å². The highest BCUT2D eigenvalue weighted by molar-refractivity contribution is 6.31. The van der Waals surface area contributed by atoms with Crippen molar-refractivity contribution in [3.8, 4) is 17.2 Å². The number of nitrogens with one attached hydrogen (secondary N) is 1. The smallest absolute Gasteiger partial charge is 0.339 e. The summed E-state index contributed by atoms with van der Waals surface area (Å²) in [5.41, 5.74) is 1.45. The van der Waals surface area contributed by atoms with E-state index in [1.54, 1.807) is 31.2 Å². The summed E-state index contributed by atoms with van der Waals surface area (Å²) in [4.78, 5) is 24.9. The summed E-state index contributed by atoms with van der Waals surface area (Å²) in [6, 6.07) is 7.96. The summed E-state index contributed by atoms with van der Waals surface area (Å²) in [5.74, 6) is 0.163. The zero-order valence-electron chi connectivity index (χ0n) is 17.0. The fraction of sp³-hybridized carbons (Fsp3) is 0.333. The van der Waals surface area contributed by atoms with Gasteiger partial charge in [0.15, 0.2) is 17.6 Å². The molecule has 156 valence electrons. The Kier molecular flexibility index (Phi) is 7.73. The molecule has 2 aromatic rings. The highest BCUT2D eigenvalue weighted by atomic mass is 35.5. The fourth-order valence-corrected chi connectivity index (χ4v) is 2.67. The van der Waals surface area contributed by atoms with Gasteiger partial charge in [-0.05, 0) is 50.6 Å². The number of benzene rings is 2. The zero-order chi connectivity index (χ0) is 21.6. The minimum Gasteiger partial charge on any atom is -0.495 e. The number of carbonyl (C=O) groups excluding carboxylic acids is 2. The van der Waals surface area contributed by atoms with Gasteiger partial charge in [0.25, 0.3) is 5.91 Å². The number of aryl methyl sites for hydroxylation is 1. The van der Waals surface area contributed by atoms with Crippen molar-refractivity contribution in [2.45, 2.75) is 26.9 Å². The number of methoxy groups -OCH3 is 2. The molecule has 0 saturated heterocycles. The van der Waals surface area contributed by atoms with Gasteiger partial charge in [0.2, 0.25) is 0 Å². The zero-order valence-corrected chi connectivity index (χ0v) is 17.8. The Balaban J connectivity index is 2.10. The van der Waals surface area contributed by atoms with Crippen molar-refractivity contribution in [3.63, 3.8) is 0 Å². The first kappa shape index (κ1) is 22.4. The van der Waals surface area contributed by atoms with Gasteiger partial charge >= 0.3 is 5.97 Å². The molecule has 0 unspecified atom stereocenters. The van der Waals surface area contributed by atoms with Crippen molar-refractivity contribution in [3.05, 3.63) is 46.5 Å². The van der Waals surface area contributed by atoms with E-state index < -0.39 is 18.0 Å². The second-order valence-corrected chi connectivity index (χ2v) is 6.54. The van der Waals surface area contributed by atoms with Gasteiger partial charge in [-0.1, -0.05) is 11.6 Å². The van der Waals surface area contributed by atoms with Crippen LogP contribution in [0.3, 0.4) is 0 Å². The summed E-state index contributed by atoms with van der Waals surface area (Å²) < 4.78 is 21.2. The number of hydrogen-bond donors (Lipinski definition) is 1. The number of halogens is 1. The van der Waals surface area contributed by atoms with E-state index in [1.807, 2.05) is 6.92 Å². The van der Waals surface area contributed by atoms with E-state index in [0.717, 1.165) is 5.56 Å². The Morgan fingerprint density at radius 3 is 2.38 bits per heavy atom. The van der Waals surface area contributed by atoms with E-state index in [-0.39, 0.29) is 5.56 Å². The molecule has 1 amide bonds. The molecule has 1 atom stereocenters. The van der Waals surface area contributed by atoms with Gasteiger partial charge in [0.05, 0.1) is 32.1 Å². The Bertz CT molecular complexity index is 899. The molecule has 0 aliphatic carbocycles. The summed E-state index contributed by atoms with van der Waals surface area (Å²) in [5, 5.41) is 3.21. The molecule has 0 spiro atoms. The first-order valence-corrected chi connectivity index (χ1v) is 9.35. The molecule has 0 fully saturated rings. The Labute approximate surface area is 174 Å². The number of anilines is 1. The van der Waals surface area contributed by atoms with Crippen LogP contribution in [0.5, 0.6) is 17.2 Å². The molecule has 0 bridgehead atoms. The summed E-state index contributed by atoms with van der Waals surface area (Å²) in [6.07, 6.45) is -1.04. The number of amides is 1. The molecular weight excluding hydrogens is 398 g/mol. The molecule has 7 nitrogen and oxygen atoms in total. The van der Waals surface area contributed by atoms with Crippen LogP contribution in [-0.2, 0) is 9.53 Å². The number of hydrogen-bond acceptors (Lipinski definition) is 6. The van der Waals surface area contributed by atoms with E-state index in [2.05, 4.69) is 5.32 Å². The van der Waals surface area contributed by atoms with E-state index in [4.69, 9.17) is 30.5 Å².